The number of anilines is 1. The minimum absolute atomic E-state index is 0.260. The molecule has 1 N–H and O–H groups in total. The van der Waals surface area contributed by atoms with Crippen LogP contribution in [-0.2, 0) is 0 Å². The topological polar surface area (TPSA) is 33.6 Å². The molecule has 0 amide bonds. The van der Waals surface area contributed by atoms with Crippen molar-refractivity contribution in [2.24, 2.45) is 4.99 Å². The van der Waals surface area contributed by atoms with Crippen LogP contribution >= 0.6 is 0 Å². The molecule has 0 saturated carbocycles. The van der Waals surface area contributed by atoms with Crippen molar-refractivity contribution in [1.29, 1.82) is 0 Å². The van der Waals surface area contributed by atoms with Gasteiger partial charge in [0.05, 0.1) is 5.71 Å². The molecule has 130 valence electrons. The van der Waals surface area contributed by atoms with Gasteiger partial charge in [-0.25, -0.2) is 9.38 Å². The third-order valence-electron chi connectivity index (χ3n) is 4.30. The van der Waals surface area contributed by atoms with Crippen LogP contribution in [0.5, 0.6) is 5.75 Å². The van der Waals surface area contributed by atoms with Crippen LogP contribution in [0.2, 0.25) is 0 Å². The quantitative estimate of drug-likeness (QED) is 0.706. The Morgan fingerprint density at radius 1 is 1.00 bits per heavy atom. The first kappa shape index (κ1) is 16.3. The first-order valence-corrected chi connectivity index (χ1v) is 8.68. The van der Waals surface area contributed by atoms with Crippen molar-refractivity contribution in [2.75, 3.05) is 11.9 Å². The summed E-state index contributed by atoms with van der Waals surface area (Å²) >= 11 is 0. The van der Waals surface area contributed by atoms with Gasteiger partial charge in [-0.1, -0.05) is 30.3 Å². The number of hydrogen-bond donors (Lipinski definition) is 1. The van der Waals surface area contributed by atoms with Crippen molar-refractivity contribution >= 4 is 11.4 Å². The Hall–Kier alpha value is -3.14. The fourth-order valence-electron chi connectivity index (χ4n) is 3.06. The van der Waals surface area contributed by atoms with Gasteiger partial charge in [-0.3, -0.25) is 0 Å². The number of rotatable bonds is 4. The summed E-state index contributed by atoms with van der Waals surface area (Å²) in [4.78, 5) is 4.82. The fourth-order valence-corrected chi connectivity index (χ4v) is 3.06. The Morgan fingerprint density at radius 3 is 2.50 bits per heavy atom. The van der Waals surface area contributed by atoms with Gasteiger partial charge >= 0.3 is 0 Å². The second-order valence-electron chi connectivity index (χ2n) is 6.11. The van der Waals surface area contributed by atoms with E-state index in [0.29, 0.717) is 0 Å². The van der Waals surface area contributed by atoms with Crippen molar-refractivity contribution in [1.82, 2.24) is 0 Å². The highest BCUT2D eigenvalue weighted by Crippen LogP contribution is 2.36. The van der Waals surface area contributed by atoms with Gasteiger partial charge in [-0.2, -0.15) is 0 Å². The van der Waals surface area contributed by atoms with E-state index in [4.69, 9.17) is 9.73 Å². The average molecular weight is 346 g/mol. The fraction of sp³-hybridized carbons (Fsp3) is 0.136. The van der Waals surface area contributed by atoms with E-state index in [-0.39, 0.29) is 5.82 Å². The second kappa shape index (κ2) is 7.00. The van der Waals surface area contributed by atoms with Crippen molar-refractivity contribution in [3.05, 3.63) is 95.3 Å². The molecule has 1 unspecified atom stereocenters. The van der Waals surface area contributed by atoms with E-state index >= 15 is 0 Å². The summed E-state index contributed by atoms with van der Waals surface area (Å²) in [6.07, 6.45) is -0.430. The van der Waals surface area contributed by atoms with Crippen LogP contribution in [0.25, 0.3) is 0 Å². The maximum absolute atomic E-state index is 13.4. The zero-order valence-electron chi connectivity index (χ0n) is 14.4. The summed E-state index contributed by atoms with van der Waals surface area (Å²) in [6.45, 7) is 2.89. The molecule has 0 aliphatic carbocycles. The van der Waals surface area contributed by atoms with Crippen molar-refractivity contribution in [2.45, 2.75) is 13.2 Å². The van der Waals surface area contributed by atoms with Gasteiger partial charge in [-0.05, 0) is 43.3 Å². The number of ether oxygens (including phenoxy) is 1. The first-order chi connectivity index (χ1) is 12.7. The molecule has 1 atom stereocenters. The summed E-state index contributed by atoms with van der Waals surface area (Å²) < 4.78 is 19.5. The lowest BCUT2D eigenvalue weighted by Gasteiger charge is -2.26. The number of hydrogen-bond acceptors (Lipinski definition) is 3. The van der Waals surface area contributed by atoms with Gasteiger partial charge < -0.3 is 10.1 Å². The standard InChI is InChI=1S/C22H19FN2O/c1-2-24-18-12-13-19-20(14-18)26-22(16-6-4-3-5-7-16)25-21(19)15-8-10-17(23)11-9-15/h3-14,22,24H,2H2,1H3. The highest BCUT2D eigenvalue weighted by Gasteiger charge is 2.24. The zero-order valence-corrected chi connectivity index (χ0v) is 14.4. The van der Waals surface area contributed by atoms with Gasteiger partial charge in [0, 0.05) is 35.0 Å². The maximum Gasteiger partial charge on any atom is 0.216 e. The number of nitrogens with zero attached hydrogens (tertiary/aromatic N) is 1. The van der Waals surface area contributed by atoms with Crippen LogP contribution in [0.1, 0.15) is 29.8 Å². The van der Waals surface area contributed by atoms with E-state index in [9.17, 15) is 4.39 Å². The molecule has 0 radical (unpaired) electrons. The van der Waals surface area contributed by atoms with Crippen LogP contribution < -0.4 is 10.1 Å². The Morgan fingerprint density at radius 2 is 1.77 bits per heavy atom. The molecule has 3 aromatic carbocycles. The molecule has 4 heteroatoms. The Labute approximate surface area is 152 Å². The molecule has 26 heavy (non-hydrogen) atoms. The molecule has 0 spiro atoms. The number of nitrogens with one attached hydrogen (secondary N) is 1. The molecular formula is C22H19FN2O. The molecule has 1 aliphatic rings. The number of aliphatic imine (C=N–C) groups is 1. The SMILES string of the molecule is CCNc1ccc2c(c1)OC(c1ccccc1)N=C2c1ccc(F)cc1. The largest absolute Gasteiger partial charge is 0.464 e. The predicted molar refractivity (Wildman–Crippen MR) is 102 cm³/mol. The highest BCUT2D eigenvalue weighted by atomic mass is 19.1. The number of fused-ring (bicyclic) bond motifs is 1. The smallest absolute Gasteiger partial charge is 0.216 e. The summed E-state index contributed by atoms with van der Waals surface area (Å²) in [7, 11) is 0. The molecule has 4 rings (SSSR count). The second-order valence-corrected chi connectivity index (χ2v) is 6.11. The Kier molecular flexibility index (Phi) is 4.40. The van der Waals surface area contributed by atoms with Gasteiger partial charge in [0.2, 0.25) is 6.23 Å². The minimum Gasteiger partial charge on any atom is -0.464 e. The summed E-state index contributed by atoms with van der Waals surface area (Å²) in [5.41, 5.74) is 4.56. The van der Waals surface area contributed by atoms with E-state index in [0.717, 1.165) is 40.4 Å². The lowest BCUT2D eigenvalue weighted by atomic mass is 9.99. The minimum atomic E-state index is -0.430. The van der Waals surface area contributed by atoms with E-state index in [1.807, 2.05) is 48.5 Å². The van der Waals surface area contributed by atoms with Crippen molar-refractivity contribution in [3.63, 3.8) is 0 Å². The van der Waals surface area contributed by atoms with E-state index in [2.05, 4.69) is 12.2 Å². The lowest BCUT2D eigenvalue weighted by molar-refractivity contribution is 0.211. The predicted octanol–water partition coefficient (Wildman–Crippen LogP) is 5.19. The van der Waals surface area contributed by atoms with E-state index < -0.39 is 6.23 Å². The average Bonchev–Trinajstić information content (AvgIpc) is 2.68. The van der Waals surface area contributed by atoms with Crippen LogP contribution in [0.15, 0.2) is 77.8 Å². The summed E-state index contributed by atoms with van der Waals surface area (Å²) in [5.74, 6) is 0.510. The maximum atomic E-state index is 13.4. The third kappa shape index (κ3) is 3.18. The number of benzene rings is 3. The van der Waals surface area contributed by atoms with Crippen molar-refractivity contribution in [3.8, 4) is 5.75 Å². The molecule has 1 heterocycles. The molecule has 0 bridgehead atoms. The molecule has 0 fully saturated rings. The molecule has 0 aromatic heterocycles. The van der Waals surface area contributed by atoms with Crippen molar-refractivity contribution < 1.29 is 9.13 Å². The monoisotopic (exact) mass is 346 g/mol. The lowest BCUT2D eigenvalue weighted by Crippen LogP contribution is -2.18. The Bertz CT molecular complexity index is 936. The normalized spacial score (nSPS) is 15.6. The van der Waals surface area contributed by atoms with Gasteiger partial charge in [-0.15, -0.1) is 0 Å². The summed E-state index contributed by atoms with van der Waals surface area (Å²) in [5, 5.41) is 3.30. The van der Waals surface area contributed by atoms with Gasteiger partial charge in [0.15, 0.2) is 0 Å². The van der Waals surface area contributed by atoms with Crippen LogP contribution in [0.3, 0.4) is 0 Å². The molecule has 3 aromatic rings. The first-order valence-electron chi connectivity index (χ1n) is 8.68. The molecule has 0 saturated heterocycles. The van der Waals surface area contributed by atoms with Crippen LogP contribution in [0.4, 0.5) is 10.1 Å². The van der Waals surface area contributed by atoms with Crippen LogP contribution in [0, 0.1) is 5.82 Å². The van der Waals surface area contributed by atoms with Gasteiger partial charge in [0.25, 0.3) is 0 Å². The highest BCUT2D eigenvalue weighted by molar-refractivity contribution is 6.15. The zero-order chi connectivity index (χ0) is 17.9. The third-order valence-corrected chi connectivity index (χ3v) is 4.30. The number of halogens is 1. The van der Waals surface area contributed by atoms with E-state index in [1.165, 1.54) is 12.1 Å². The van der Waals surface area contributed by atoms with Crippen LogP contribution in [-0.4, -0.2) is 12.3 Å². The molecule has 1 aliphatic heterocycles. The molecule has 3 nitrogen and oxygen atoms in total. The Balaban J connectivity index is 1.82. The van der Waals surface area contributed by atoms with Gasteiger partial charge in [0.1, 0.15) is 11.6 Å². The summed E-state index contributed by atoms with van der Waals surface area (Å²) in [6, 6.07) is 22.3. The van der Waals surface area contributed by atoms with E-state index in [1.54, 1.807) is 12.1 Å². The molecular weight excluding hydrogens is 327 g/mol.